The summed E-state index contributed by atoms with van der Waals surface area (Å²) in [5.41, 5.74) is 0.771. The summed E-state index contributed by atoms with van der Waals surface area (Å²) in [6, 6.07) is 7.34. The van der Waals surface area contributed by atoms with Gasteiger partial charge in [0.25, 0.3) is 0 Å². The SMILES string of the molecule is CC(NC(CO)c1ccco1)c1ccc(F)cc1Cl. The molecule has 0 aliphatic carbocycles. The molecule has 0 aliphatic heterocycles. The molecule has 2 unspecified atom stereocenters. The predicted molar refractivity (Wildman–Crippen MR) is 71.5 cm³/mol. The summed E-state index contributed by atoms with van der Waals surface area (Å²) in [6.45, 7) is 1.79. The van der Waals surface area contributed by atoms with Gasteiger partial charge in [0, 0.05) is 11.1 Å². The first kappa shape index (κ1) is 14.1. The van der Waals surface area contributed by atoms with Crippen LogP contribution in [0.1, 0.15) is 30.3 Å². The van der Waals surface area contributed by atoms with Gasteiger partial charge in [0.15, 0.2) is 0 Å². The van der Waals surface area contributed by atoms with Gasteiger partial charge in [-0.25, -0.2) is 4.39 Å². The van der Waals surface area contributed by atoms with Gasteiger partial charge in [-0.1, -0.05) is 17.7 Å². The molecule has 0 spiro atoms. The summed E-state index contributed by atoms with van der Waals surface area (Å²) in [6.07, 6.45) is 1.55. The molecule has 2 rings (SSSR count). The van der Waals surface area contributed by atoms with Crippen molar-refractivity contribution in [2.75, 3.05) is 6.61 Å². The predicted octanol–water partition coefficient (Wildman–Crippen LogP) is 3.46. The van der Waals surface area contributed by atoms with Crippen LogP contribution in [0, 0.1) is 5.82 Å². The quantitative estimate of drug-likeness (QED) is 0.883. The van der Waals surface area contributed by atoms with Crippen molar-refractivity contribution < 1.29 is 13.9 Å². The summed E-state index contributed by atoms with van der Waals surface area (Å²) in [7, 11) is 0. The van der Waals surface area contributed by atoms with Crippen LogP contribution in [0.2, 0.25) is 5.02 Å². The Morgan fingerprint density at radius 3 is 2.79 bits per heavy atom. The zero-order valence-corrected chi connectivity index (χ0v) is 11.2. The molecule has 1 heterocycles. The fourth-order valence-electron chi connectivity index (χ4n) is 1.96. The molecule has 0 amide bonds. The van der Waals surface area contributed by atoms with Gasteiger partial charge in [0.05, 0.1) is 18.9 Å². The number of hydrogen-bond acceptors (Lipinski definition) is 3. The maximum Gasteiger partial charge on any atom is 0.124 e. The lowest BCUT2D eigenvalue weighted by molar-refractivity contribution is 0.217. The van der Waals surface area contributed by atoms with Crippen LogP contribution in [0.15, 0.2) is 41.0 Å². The molecule has 0 fully saturated rings. The van der Waals surface area contributed by atoms with Crippen molar-refractivity contribution in [3.8, 4) is 0 Å². The molecule has 1 aromatic heterocycles. The van der Waals surface area contributed by atoms with Crippen molar-refractivity contribution in [1.82, 2.24) is 5.32 Å². The minimum atomic E-state index is -0.370. The van der Waals surface area contributed by atoms with E-state index in [0.717, 1.165) is 5.56 Å². The third-order valence-corrected chi connectivity index (χ3v) is 3.28. The lowest BCUT2D eigenvalue weighted by Crippen LogP contribution is -2.27. The standard InChI is InChI=1S/C14H15ClFNO2/c1-9(11-5-4-10(16)7-12(11)15)17-13(8-18)14-3-2-6-19-14/h2-7,9,13,17-18H,8H2,1H3. The smallest absolute Gasteiger partial charge is 0.124 e. The van der Waals surface area contributed by atoms with Gasteiger partial charge in [0.1, 0.15) is 11.6 Å². The van der Waals surface area contributed by atoms with Gasteiger partial charge in [-0.15, -0.1) is 0 Å². The molecule has 2 atom stereocenters. The molecule has 0 radical (unpaired) electrons. The maximum atomic E-state index is 13.0. The van der Waals surface area contributed by atoms with E-state index in [2.05, 4.69) is 5.32 Å². The van der Waals surface area contributed by atoms with Crippen LogP contribution < -0.4 is 5.32 Å². The van der Waals surface area contributed by atoms with Crippen molar-refractivity contribution in [2.24, 2.45) is 0 Å². The second-order valence-electron chi connectivity index (χ2n) is 4.30. The highest BCUT2D eigenvalue weighted by Gasteiger charge is 2.18. The molecule has 2 N–H and O–H groups in total. The molecule has 102 valence electrons. The van der Waals surface area contributed by atoms with E-state index < -0.39 is 0 Å². The average molecular weight is 284 g/mol. The number of hydrogen-bond donors (Lipinski definition) is 2. The van der Waals surface area contributed by atoms with Crippen LogP contribution in [-0.4, -0.2) is 11.7 Å². The van der Waals surface area contributed by atoms with E-state index in [0.29, 0.717) is 10.8 Å². The number of aliphatic hydroxyl groups is 1. The van der Waals surface area contributed by atoms with Gasteiger partial charge >= 0.3 is 0 Å². The molecular formula is C14H15ClFNO2. The van der Waals surface area contributed by atoms with E-state index >= 15 is 0 Å². The fourth-order valence-corrected chi connectivity index (χ4v) is 2.29. The fraction of sp³-hybridized carbons (Fsp3) is 0.286. The summed E-state index contributed by atoms with van der Waals surface area (Å²) >= 11 is 6.01. The molecular weight excluding hydrogens is 269 g/mol. The Morgan fingerprint density at radius 1 is 1.42 bits per heavy atom. The molecule has 3 nitrogen and oxygen atoms in total. The maximum absolute atomic E-state index is 13.0. The molecule has 0 aliphatic rings. The van der Waals surface area contributed by atoms with Crippen LogP contribution >= 0.6 is 11.6 Å². The van der Waals surface area contributed by atoms with E-state index in [4.69, 9.17) is 16.0 Å². The second kappa shape index (κ2) is 6.19. The Hall–Kier alpha value is -1.36. The summed E-state index contributed by atoms with van der Waals surface area (Å²) in [5.74, 6) is 0.276. The summed E-state index contributed by atoms with van der Waals surface area (Å²) < 4.78 is 18.3. The largest absolute Gasteiger partial charge is 0.468 e. The number of aliphatic hydroxyl groups excluding tert-OH is 1. The Labute approximate surface area is 116 Å². The molecule has 0 saturated carbocycles. The van der Waals surface area contributed by atoms with Gasteiger partial charge in [-0.3, -0.25) is 5.32 Å². The summed E-state index contributed by atoms with van der Waals surface area (Å²) in [4.78, 5) is 0. The van der Waals surface area contributed by atoms with Crippen molar-refractivity contribution in [3.63, 3.8) is 0 Å². The van der Waals surface area contributed by atoms with Gasteiger partial charge in [-0.05, 0) is 36.8 Å². The van der Waals surface area contributed by atoms with Crippen molar-refractivity contribution >= 4 is 11.6 Å². The van der Waals surface area contributed by atoms with E-state index in [-0.39, 0.29) is 24.5 Å². The first-order valence-corrected chi connectivity index (χ1v) is 6.35. The summed E-state index contributed by atoms with van der Waals surface area (Å²) in [5, 5.41) is 12.9. The minimum absolute atomic E-state index is 0.101. The highest BCUT2D eigenvalue weighted by molar-refractivity contribution is 6.31. The number of halogens is 2. The monoisotopic (exact) mass is 283 g/mol. The highest BCUT2D eigenvalue weighted by Crippen LogP contribution is 2.26. The normalized spacial score (nSPS) is 14.3. The Kier molecular flexibility index (Phi) is 4.58. The average Bonchev–Trinajstić information content (AvgIpc) is 2.89. The first-order valence-electron chi connectivity index (χ1n) is 5.97. The minimum Gasteiger partial charge on any atom is -0.468 e. The Bertz CT molecular complexity index is 530. The third-order valence-electron chi connectivity index (χ3n) is 2.95. The van der Waals surface area contributed by atoms with Gasteiger partial charge in [-0.2, -0.15) is 0 Å². The van der Waals surface area contributed by atoms with E-state index in [1.807, 2.05) is 6.92 Å². The lowest BCUT2D eigenvalue weighted by atomic mass is 10.1. The highest BCUT2D eigenvalue weighted by atomic mass is 35.5. The number of rotatable bonds is 5. The molecule has 19 heavy (non-hydrogen) atoms. The third kappa shape index (κ3) is 3.35. The van der Waals surface area contributed by atoms with Crippen molar-refractivity contribution in [1.29, 1.82) is 0 Å². The zero-order chi connectivity index (χ0) is 13.8. The van der Waals surface area contributed by atoms with Crippen molar-refractivity contribution in [2.45, 2.75) is 19.0 Å². The molecule has 0 saturated heterocycles. The van der Waals surface area contributed by atoms with Crippen LogP contribution in [0.4, 0.5) is 4.39 Å². The molecule has 5 heteroatoms. The van der Waals surface area contributed by atoms with Gasteiger partial charge < -0.3 is 9.52 Å². The number of nitrogens with one attached hydrogen (secondary N) is 1. The Balaban J connectivity index is 2.13. The Morgan fingerprint density at radius 2 is 2.21 bits per heavy atom. The molecule has 0 bridgehead atoms. The van der Waals surface area contributed by atoms with E-state index in [1.54, 1.807) is 24.5 Å². The number of benzene rings is 1. The van der Waals surface area contributed by atoms with Crippen molar-refractivity contribution in [3.05, 3.63) is 58.8 Å². The van der Waals surface area contributed by atoms with E-state index in [9.17, 15) is 9.50 Å². The topological polar surface area (TPSA) is 45.4 Å². The molecule has 1 aromatic carbocycles. The van der Waals surface area contributed by atoms with Crippen LogP contribution in [-0.2, 0) is 0 Å². The zero-order valence-electron chi connectivity index (χ0n) is 10.4. The first-order chi connectivity index (χ1) is 9.11. The van der Waals surface area contributed by atoms with Crippen LogP contribution in [0.5, 0.6) is 0 Å². The van der Waals surface area contributed by atoms with Crippen LogP contribution in [0.3, 0.4) is 0 Å². The second-order valence-corrected chi connectivity index (χ2v) is 4.71. The van der Waals surface area contributed by atoms with Crippen LogP contribution in [0.25, 0.3) is 0 Å². The number of furan rings is 1. The lowest BCUT2D eigenvalue weighted by Gasteiger charge is -2.21. The van der Waals surface area contributed by atoms with Gasteiger partial charge in [0.2, 0.25) is 0 Å². The molecule has 2 aromatic rings. The van der Waals surface area contributed by atoms with E-state index in [1.165, 1.54) is 12.1 Å².